The molecule has 2 aliphatic heterocycles. The molecular weight excluding hydrogens is 522 g/mol. The van der Waals surface area contributed by atoms with Gasteiger partial charge in [-0.05, 0) is 73.8 Å². The van der Waals surface area contributed by atoms with Crippen LogP contribution in [-0.2, 0) is 17.7 Å². The predicted octanol–water partition coefficient (Wildman–Crippen LogP) is 5.68. The number of pyridine rings is 1. The van der Waals surface area contributed by atoms with Gasteiger partial charge in [0.05, 0.1) is 10.6 Å². The van der Waals surface area contributed by atoms with Gasteiger partial charge >= 0.3 is 0 Å². The number of fused-ring (bicyclic) bond motifs is 3. The Hall–Kier alpha value is -3.69. The minimum absolute atomic E-state index is 0.148. The SMILES string of the molecule is O=C(CC1CC1)c1cc2c(s1)-c1ccccc1N(C(=O)c1cccc(-c3nncn3CC3CCOCC3)n1)CC2. The van der Waals surface area contributed by atoms with Crippen LogP contribution in [-0.4, -0.2) is 51.2 Å². The summed E-state index contributed by atoms with van der Waals surface area (Å²) in [6, 6.07) is 15.6. The maximum atomic E-state index is 14.0. The molecule has 0 spiro atoms. The van der Waals surface area contributed by atoms with Crippen LogP contribution in [0.1, 0.15) is 57.8 Å². The first kappa shape index (κ1) is 25.3. The summed E-state index contributed by atoms with van der Waals surface area (Å²) in [4.78, 5) is 35.4. The molecule has 9 heteroatoms. The van der Waals surface area contributed by atoms with Gasteiger partial charge in [-0.25, -0.2) is 4.98 Å². The first-order valence-electron chi connectivity index (χ1n) is 14.1. The lowest BCUT2D eigenvalue weighted by Gasteiger charge is -2.23. The quantitative estimate of drug-likeness (QED) is 0.274. The summed E-state index contributed by atoms with van der Waals surface area (Å²) in [7, 11) is 0. The highest BCUT2D eigenvalue weighted by Gasteiger charge is 2.30. The van der Waals surface area contributed by atoms with E-state index in [1.807, 2.05) is 45.9 Å². The molecule has 7 rings (SSSR count). The van der Waals surface area contributed by atoms with Crippen molar-refractivity contribution >= 4 is 28.7 Å². The molecule has 4 aromatic rings. The normalized spacial score (nSPS) is 17.2. The molecule has 5 heterocycles. The summed E-state index contributed by atoms with van der Waals surface area (Å²) < 4.78 is 7.54. The first-order valence-corrected chi connectivity index (χ1v) is 15.0. The Morgan fingerprint density at radius 2 is 1.85 bits per heavy atom. The Bertz CT molecular complexity index is 1570. The average molecular weight is 554 g/mol. The second kappa shape index (κ2) is 10.7. The fourth-order valence-corrected chi connectivity index (χ4v) is 6.93. The van der Waals surface area contributed by atoms with Crippen molar-refractivity contribution < 1.29 is 14.3 Å². The second-order valence-corrected chi connectivity index (χ2v) is 12.1. The van der Waals surface area contributed by atoms with Crippen molar-refractivity contribution in [3.8, 4) is 22.0 Å². The summed E-state index contributed by atoms with van der Waals surface area (Å²) >= 11 is 1.57. The number of hydrogen-bond donors (Lipinski definition) is 0. The van der Waals surface area contributed by atoms with E-state index in [0.29, 0.717) is 48.4 Å². The summed E-state index contributed by atoms with van der Waals surface area (Å²) in [6.45, 7) is 2.89. The van der Waals surface area contributed by atoms with E-state index in [0.717, 1.165) is 59.2 Å². The fourth-order valence-electron chi connectivity index (χ4n) is 5.74. The number of anilines is 1. The molecular formula is C31H31N5O3S. The molecule has 0 bridgehead atoms. The van der Waals surface area contributed by atoms with Crippen LogP contribution < -0.4 is 4.90 Å². The summed E-state index contributed by atoms with van der Waals surface area (Å²) in [5.41, 5.74) is 3.99. The van der Waals surface area contributed by atoms with Crippen molar-refractivity contribution in [2.75, 3.05) is 24.7 Å². The van der Waals surface area contributed by atoms with E-state index in [2.05, 4.69) is 16.3 Å². The number of nitrogens with zero attached hydrogens (tertiary/aromatic N) is 5. The van der Waals surface area contributed by atoms with Crippen molar-refractivity contribution in [1.82, 2.24) is 19.7 Å². The van der Waals surface area contributed by atoms with Gasteiger partial charge in [0.15, 0.2) is 11.6 Å². The molecule has 40 heavy (non-hydrogen) atoms. The fraction of sp³-hybridized carbons (Fsp3) is 0.387. The van der Waals surface area contributed by atoms with Crippen LogP contribution in [0.2, 0.25) is 0 Å². The van der Waals surface area contributed by atoms with Crippen molar-refractivity contribution in [3.05, 3.63) is 71.0 Å². The number of thiophene rings is 1. The number of para-hydroxylation sites is 1. The van der Waals surface area contributed by atoms with Gasteiger partial charge in [-0.1, -0.05) is 24.3 Å². The van der Waals surface area contributed by atoms with Crippen LogP contribution in [0.5, 0.6) is 0 Å². The van der Waals surface area contributed by atoms with Crippen molar-refractivity contribution in [2.45, 2.75) is 45.1 Å². The molecule has 0 atom stereocenters. The number of Topliss-reactive ketones (excluding diaryl/α,β-unsaturated/α-hetero) is 1. The summed E-state index contributed by atoms with van der Waals surface area (Å²) in [6.07, 6.45) is 7.44. The third-order valence-electron chi connectivity index (χ3n) is 8.15. The van der Waals surface area contributed by atoms with E-state index < -0.39 is 0 Å². The van der Waals surface area contributed by atoms with Crippen LogP contribution in [0.4, 0.5) is 5.69 Å². The third kappa shape index (κ3) is 4.99. The van der Waals surface area contributed by atoms with E-state index in [4.69, 9.17) is 9.72 Å². The molecule has 204 valence electrons. The minimum atomic E-state index is -0.148. The van der Waals surface area contributed by atoms with Crippen LogP contribution in [0, 0.1) is 11.8 Å². The number of carbonyl (C=O) groups excluding carboxylic acids is 2. The van der Waals surface area contributed by atoms with Crippen LogP contribution in [0.3, 0.4) is 0 Å². The molecule has 1 aliphatic carbocycles. The Kier molecular flexibility index (Phi) is 6.77. The van der Waals surface area contributed by atoms with E-state index >= 15 is 0 Å². The predicted molar refractivity (Wildman–Crippen MR) is 154 cm³/mol. The lowest BCUT2D eigenvalue weighted by atomic mass is 10.0. The number of aromatic nitrogens is 4. The largest absolute Gasteiger partial charge is 0.381 e. The van der Waals surface area contributed by atoms with Crippen LogP contribution in [0.25, 0.3) is 22.0 Å². The number of benzene rings is 1. The lowest BCUT2D eigenvalue weighted by Crippen LogP contribution is -2.33. The smallest absolute Gasteiger partial charge is 0.276 e. The highest BCUT2D eigenvalue weighted by Crippen LogP contribution is 2.43. The van der Waals surface area contributed by atoms with Gasteiger partial charge < -0.3 is 14.2 Å². The number of ketones is 1. The van der Waals surface area contributed by atoms with Crippen molar-refractivity contribution in [2.24, 2.45) is 11.8 Å². The average Bonchev–Trinajstić information content (AvgIpc) is 3.55. The van der Waals surface area contributed by atoms with Gasteiger partial charge in [0.2, 0.25) is 0 Å². The Morgan fingerprint density at radius 1 is 1.00 bits per heavy atom. The number of rotatable bonds is 7. The zero-order valence-corrected chi connectivity index (χ0v) is 23.1. The topological polar surface area (TPSA) is 90.2 Å². The van der Waals surface area contributed by atoms with Gasteiger partial charge in [0, 0.05) is 43.2 Å². The molecule has 1 saturated heterocycles. The molecule has 3 aliphatic rings. The molecule has 1 saturated carbocycles. The van der Waals surface area contributed by atoms with Crippen LogP contribution >= 0.6 is 11.3 Å². The molecule has 1 amide bonds. The lowest BCUT2D eigenvalue weighted by molar-refractivity contribution is 0.0613. The van der Waals surface area contributed by atoms with E-state index in [1.54, 1.807) is 23.7 Å². The van der Waals surface area contributed by atoms with E-state index in [-0.39, 0.29) is 11.7 Å². The molecule has 1 aromatic carbocycles. The Morgan fingerprint density at radius 3 is 2.70 bits per heavy atom. The Labute approximate surface area is 237 Å². The molecule has 2 fully saturated rings. The number of ether oxygens (including phenoxy) is 1. The van der Waals surface area contributed by atoms with Gasteiger partial charge in [0.25, 0.3) is 5.91 Å². The van der Waals surface area contributed by atoms with E-state index in [9.17, 15) is 9.59 Å². The molecule has 8 nitrogen and oxygen atoms in total. The highest BCUT2D eigenvalue weighted by atomic mass is 32.1. The van der Waals surface area contributed by atoms with Gasteiger partial charge in [-0.15, -0.1) is 21.5 Å². The van der Waals surface area contributed by atoms with Crippen LogP contribution in [0.15, 0.2) is 54.9 Å². The zero-order chi connectivity index (χ0) is 27.1. The van der Waals surface area contributed by atoms with Crippen molar-refractivity contribution in [3.63, 3.8) is 0 Å². The van der Waals surface area contributed by atoms with Gasteiger partial charge in [-0.3, -0.25) is 9.59 Å². The number of hydrogen-bond acceptors (Lipinski definition) is 7. The Balaban J connectivity index is 1.16. The maximum absolute atomic E-state index is 14.0. The number of carbonyl (C=O) groups is 2. The van der Waals surface area contributed by atoms with E-state index in [1.165, 1.54) is 12.8 Å². The number of amides is 1. The van der Waals surface area contributed by atoms with Crippen molar-refractivity contribution in [1.29, 1.82) is 0 Å². The molecule has 0 N–H and O–H groups in total. The molecule has 0 unspecified atom stereocenters. The molecule has 3 aromatic heterocycles. The second-order valence-electron chi connectivity index (χ2n) is 11.0. The maximum Gasteiger partial charge on any atom is 0.276 e. The van der Waals surface area contributed by atoms with Gasteiger partial charge in [-0.2, -0.15) is 0 Å². The summed E-state index contributed by atoms with van der Waals surface area (Å²) in [5.74, 6) is 1.84. The van der Waals surface area contributed by atoms with Gasteiger partial charge in [0.1, 0.15) is 17.7 Å². The monoisotopic (exact) mass is 553 g/mol. The third-order valence-corrected chi connectivity index (χ3v) is 9.40. The first-order chi connectivity index (χ1) is 19.6. The molecule has 0 radical (unpaired) electrons. The standard InChI is InChI=1S/C31H31N5O3S/c37-27(16-20-8-9-20)28-17-22-10-13-36(26-7-2-1-4-23(26)29(22)40-28)31(38)25-6-3-5-24(33-25)30-34-32-19-35(30)18-21-11-14-39-15-12-21/h1-7,17,19-21H,8-16,18H2. The highest BCUT2D eigenvalue weighted by molar-refractivity contribution is 7.17. The minimum Gasteiger partial charge on any atom is -0.381 e. The zero-order valence-electron chi connectivity index (χ0n) is 22.3. The summed E-state index contributed by atoms with van der Waals surface area (Å²) in [5, 5.41) is 8.50.